The summed E-state index contributed by atoms with van der Waals surface area (Å²) in [5.41, 5.74) is 16.3. The number of aromatic nitrogens is 1. The third-order valence-electron chi connectivity index (χ3n) is 10.8. The van der Waals surface area contributed by atoms with Crippen LogP contribution in [0, 0.1) is 0 Å². The van der Waals surface area contributed by atoms with E-state index in [2.05, 4.69) is 240 Å². The van der Waals surface area contributed by atoms with Crippen molar-refractivity contribution in [1.82, 2.24) is 4.57 Å². The molecule has 10 rings (SSSR count). The van der Waals surface area contributed by atoms with Crippen LogP contribution in [0.15, 0.2) is 231 Å². The van der Waals surface area contributed by atoms with E-state index in [1.165, 1.54) is 55.3 Å². The van der Waals surface area contributed by atoms with Crippen molar-refractivity contribution in [3.05, 3.63) is 231 Å². The molecule has 1 aromatic heterocycles. The Morgan fingerprint density at radius 3 is 1.54 bits per heavy atom. The van der Waals surface area contributed by atoms with Gasteiger partial charge in [0.05, 0.1) is 22.4 Å². The first-order valence-electron chi connectivity index (χ1n) is 19.2. The highest BCUT2D eigenvalue weighted by molar-refractivity contribution is 6.17. The lowest BCUT2D eigenvalue weighted by Crippen LogP contribution is -2.10. The second kappa shape index (κ2) is 14.4. The molecule has 0 spiro atoms. The molecule has 0 aliphatic carbocycles. The largest absolute Gasteiger partial charge is 0.310 e. The van der Waals surface area contributed by atoms with Crippen LogP contribution in [0.1, 0.15) is 0 Å². The van der Waals surface area contributed by atoms with Crippen molar-refractivity contribution in [1.29, 1.82) is 0 Å². The predicted octanol–water partition coefficient (Wildman–Crippen LogP) is 14.9. The van der Waals surface area contributed by atoms with E-state index >= 15 is 0 Å². The first kappa shape index (κ1) is 33.2. The van der Waals surface area contributed by atoms with Crippen LogP contribution in [0.25, 0.3) is 72.0 Å². The zero-order chi connectivity index (χ0) is 37.3. The minimum Gasteiger partial charge on any atom is -0.310 e. The van der Waals surface area contributed by atoms with Crippen molar-refractivity contribution in [3.8, 4) is 50.2 Å². The van der Waals surface area contributed by atoms with Gasteiger partial charge in [0.15, 0.2) is 0 Å². The first-order valence-corrected chi connectivity index (χ1v) is 19.2. The molecule has 0 N–H and O–H groups in total. The van der Waals surface area contributed by atoms with E-state index in [9.17, 15) is 0 Å². The van der Waals surface area contributed by atoms with Crippen LogP contribution in [0.4, 0.5) is 17.1 Å². The van der Waals surface area contributed by atoms with Gasteiger partial charge in [-0.15, -0.1) is 0 Å². The maximum absolute atomic E-state index is 2.47. The van der Waals surface area contributed by atoms with Gasteiger partial charge in [-0.1, -0.05) is 182 Å². The van der Waals surface area contributed by atoms with Gasteiger partial charge in [0, 0.05) is 27.7 Å². The lowest BCUT2D eigenvalue weighted by atomic mass is 9.94. The van der Waals surface area contributed by atoms with Crippen molar-refractivity contribution >= 4 is 38.9 Å². The van der Waals surface area contributed by atoms with Gasteiger partial charge in [0.1, 0.15) is 0 Å². The van der Waals surface area contributed by atoms with E-state index in [-0.39, 0.29) is 0 Å². The molecule has 0 radical (unpaired) electrons. The maximum Gasteiger partial charge on any atom is 0.0562 e. The van der Waals surface area contributed by atoms with Crippen LogP contribution >= 0.6 is 0 Å². The Balaban J connectivity index is 1.22. The van der Waals surface area contributed by atoms with Gasteiger partial charge in [-0.05, 0) is 87.5 Å². The molecule has 10 aromatic rings. The summed E-state index contributed by atoms with van der Waals surface area (Å²) >= 11 is 0. The standard InChI is InChI=1S/C54H38N2/c1-5-19-39(20-6-1)42-35-36-48(41-23-9-3-10-24-41)53(38-42)56-50-32-16-15-31-49(50)54-51(33-18-34-52(54)56)55(44-26-11-4-12-27-44)45-28-17-25-43(37-45)47-30-14-13-29-46(47)40-21-7-2-8-22-40/h1-38H. The molecule has 9 aromatic carbocycles. The predicted molar refractivity (Wildman–Crippen MR) is 237 cm³/mol. The van der Waals surface area contributed by atoms with E-state index in [0.29, 0.717) is 0 Å². The molecule has 0 bridgehead atoms. The normalized spacial score (nSPS) is 11.2. The molecule has 264 valence electrons. The Morgan fingerprint density at radius 1 is 0.304 bits per heavy atom. The van der Waals surface area contributed by atoms with Crippen LogP contribution in [-0.2, 0) is 0 Å². The van der Waals surface area contributed by atoms with Crippen molar-refractivity contribution in [2.45, 2.75) is 0 Å². The van der Waals surface area contributed by atoms with Crippen molar-refractivity contribution < 1.29 is 0 Å². The zero-order valence-electron chi connectivity index (χ0n) is 30.8. The van der Waals surface area contributed by atoms with Crippen molar-refractivity contribution in [2.75, 3.05) is 4.90 Å². The summed E-state index contributed by atoms with van der Waals surface area (Å²) < 4.78 is 2.47. The van der Waals surface area contributed by atoms with E-state index in [1.807, 2.05) is 0 Å². The molecule has 0 amide bonds. The number of benzene rings is 9. The Bertz CT molecular complexity index is 2950. The molecule has 0 aliphatic rings. The summed E-state index contributed by atoms with van der Waals surface area (Å²) in [6.45, 7) is 0. The highest BCUT2D eigenvalue weighted by atomic mass is 15.1. The van der Waals surface area contributed by atoms with Gasteiger partial charge in [-0.2, -0.15) is 0 Å². The molecule has 2 nitrogen and oxygen atoms in total. The fraction of sp³-hybridized carbons (Fsp3) is 0. The van der Waals surface area contributed by atoms with Crippen LogP contribution in [0.5, 0.6) is 0 Å². The second-order valence-electron chi connectivity index (χ2n) is 14.1. The average molecular weight is 715 g/mol. The summed E-state index contributed by atoms with van der Waals surface area (Å²) in [4.78, 5) is 2.42. The molecule has 1 heterocycles. The smallest absolute Gasteiger partial charge is 0.0562 e. The van der Waals surface area contributed by atoms with E-state index < -0.39 is 0 Å². The van der Waals surface area contributed by atoms with Gasteiger partial charge < -0.3 is 9.47 Å². The zero-order valence-corrected chi connectivity index (χ0v) is 30.8. The van der Waals surface area contributed by atoms with E-state index in [4.69, 9.17) is 0 Å². The fourth-order valence-corrected chi connectivity index (χ4v) is 8.26. The molecule has 56 heavy (non-hydrogen) atoms. The van der Waals surface area contributed by atoms with E-state index in [0.717, 1.165) is 33.8 Å². The van der Waals surface area contributed by atoms with Crippen LogP contribution in [0.2, 0.25) is 0 Å². The monoisotopic (exact) mass is 714 g/mol. The lowest BCUT2D eigenvalue weighted by molar-refractivity contribution is 1.18. The number of hydrogen-bond donors (Lipinski definition) is 0. The van der Waals surface area contributed by atoms with Crippen LogP contribution in [0.3, 0.4) is 0 Å². The van der Waals surface area contributed by atoms with Gasteiger partial charge in [0.25, 0.3) is 0 Å². The molecular formula is C54H38N2. The van der Waals surface area contributed by atoms with Gasteiger partial charge in [0.2, 0.25) is 0 Å². The molecule has 0 saturated heterocycles. The summed E-state index contributed by atoms with van der Waals surface area (Å²) in [6.07, 6.45) is 0. The number of hydrogen-bond acceptors (Lipinski definition) is 1. The third kappa shape index (κ3) is 5.95. The first-order chi connectivity index (χ1) is 27.8. The Labute approximate surface area is 327 Å². The van der Waals surface area contributed by atoms with Gasteiger partial charge >= 0.3 is 0 Å². The summed E-state index contributed by atoms with van der Waals surface area (Å²) in [6, 6.07) is 83.1. The summed E-state index contributed by atoms with van der Waals surface area (Å²) in [7, 11) is 0. The highest BCUT2D eigenvalue weighted by Crippen LogP contribution is 2.46. The minimum atomic E-state index is 1.09. The Hall–Kier alpha value is -7.42. The number of para-hydroxylation sites is 2. The van der Waals surface area contributed by atoms with Gasteiger partial charge in [-0.3, -0.25) is 0 Å². The number of rotatable bonds is 8. The molecule has 0 aliphatic heterocycles. The highest BCUT2D eigenvalue weighted by Gasteiger charge is 2.23. The minimum absolute atomic E-state index is 1.09. The Morgan fingerprint density at radius 2 is 0.821 bits per heavy atom. The Kier molecular flexibility index (Phi) is 8.55. The topological polar surface area (TPSA) is 8.17 Å². The second-order valence-corrected chi connectivity index (χ2v) is 14.1. The van der Waals surface area contributed by atoms with Crippen molar-refractivity contribution in [2.24, 2.45) is 0 Å². The number of fused-ring (bicyclic) bond motifs is 3. The summed E-state index contributed by atoms with van der Waals surface area (Å²) in [5.74, 6) is 0. The summed E-state index contributed by atoms with van der Waals surface area (Å²) in [5, 5.41) is 2.40. The SMILES string of the molecule is c1ccc(-c2ccc(-c3ccccc3)c(-n3c4ccccc4c4c(N(c5ccccc5)c5cccc(-c6ccccc6-c6ccccc6)c5)cccc43)c2)cc1. The molecule has 0 atom stereocenters. The van der Waals surface area contributed by atoms with Gasteiger partial charge in [-0.25, -0.2) is 0 Å². The van der Waals surface area contributed by atoms with Crippen LogP contribution < -0.4 is 4.90 Å². The van der Waals surface area contributed by atoms with Crippen molar-refractivity contribution in [3.63, 3.8) is 0 Å². The van der Waals surface area contributed by atoms with E-state index in [1.54, 1.807) is 0 Å². The van der Waals surface area contributed by atoms with Crippen LogP contribution in [-0.4, -0.2) is 4.57 Å². The quantitative estimate of drug-likeness (QED) is 0.152. The average Bonchev–Trinajstić information content (AvgIpc) is 3.63. The molecule has 0 unspecified atom stereocenters. The molecular weight excluding hydrogens is 677 g/mol. The maximum atomic E-state index is 2.47. The lowest BCUT2D eigenvalue weighted by Gasteiger charge is -2.27. The number of anilines is 3. The molecule has 0 saturated carbocycles. The number of nitrogens with zero attached hydrogens (tertiary/aromatic N) is 2. The molecule has 2 heteroatoms. The third-order valence-corrected chi connectivity index (χ3v) is 10.8. The molecule has 0 fully saturated rings. The fourth-order valence-electron chi connectivity index (χ4n) is 8.26.